The van der Waals surface area contributed by atoms with Gasteiger partial charge in [0.15, 0.2) is 5.78 Å². The maximum atomic E-state index is 12.6. The first-order valence-electron chi connectivity index (χ1n) is 6.04. The second-order valence-corrected chi connectivity index (χ2v) is 4.07. The fourth-order valence-corrected chi connectivity index (χ4v) is 1.95. The number of ketones is 1. The molecule has 0 aliphatic heterocycles. The monoisotopic (exact) mass is 270 g/mol. The number of hydrogen-bond acceptors (Lipinski definition) is 4. The van der Waals surface area contributed by atoms with Gasteiger partial charge < -0.3 is 9.47 Å². The number of hydrogen-bond donors (Lipinski definition) is 0. The third-order valence-corrected chi connectivity index (χ3v) is 2.93. The SMILES string of the molecule is COC(=O)c1ccccc1C(=O)c1ccccc1OC. The highest BCUT2D eigenvalue weighted by Gasteiger charge is 2.20. The lowest BCUT2D eigenvalue weighted by molar-refractivity contribution is 0.0597. The molecular formula is C16H14O4. The maximum Gasteiger partial charge on any atom is 0.338 e. The van der Waals surface area contributed by atoms with E-state index in [0.29, 0.717) is 16.9 Å². The lowest BCUT2D eigenvalue weighted by Gasteiger charge is -2.09. The van der Waals surface area contributed by atoms with Gasteiger partial charge in [-0.15, -0.1) is 0 Å². The van der Waals surface area contributed by atoms with E-state index < -0.39 is 5.97 Å². The van der Waals surface area contributed by atoms with Gasteiger partial charge in [-0.2, -0.15) is 0 Å². The third-order valence-electron chi connectivity index (χ3n) is 2.93. The van der Waals surface area contributed by atoms with Crippen LogP contribution in [0.25, 0.3) is 0 Å². The smallest absolute Gasteiger partial charge is 0.338 e. The van der Waals surface area contributed by atoms with Crippen LogP contribution in [0.4, 0.5) is 0 Å². The Morgan fingerprint density at radius 3 is 1.95 bits per heavy atom. The maximum absolute atomic E-state index is 12.6. The van der Waals surface area contributed by atoms with Crippen LogP contribution in [0.1, 0.15) is 26.3 Å². The molecule has 4 heteroatoms. The van der Waals surface area contributed by atoms with E-state index in [2.05, 4.69) is 0 Å². The molecule has 0 aliphatic rings. The van der Waals surface area contributed by atoms with Gasteiger partial charge in [0.1, 0.15) is 5.75 Å². The highest BCUT2D eigenvalue weighted by molar-refractivity contribution is 6.15. The topological polar surface area (TPSA) is 52.6 Å². The summed E-state index contributed by atoms with van der Waals surface area (Å²) >= 11 is 0. The van der Waals surface area contributed by atoms with Gasteiger partial charge in [-0.1, -0.05) is 30.3 Å². The molecule has 102 valence electrons. The molecule has 0 aliphatic carbocycles. The molecule has 0 N–H and O–H groups in total. The summed E-state index contributed by atoms with van der Waals surface area (Å²) in [5.41, 5.74) is 0.945. The number of carbonyl (C=O) groups is 2. The fraction of sp³-hybridized carbons (Fsp3) is 0.125. The zero-order valence-corrected chi connectivity index (χ0v) is 11.3. The normalized spacial score (nSPS) is 9.90. The van der Waals surface area contributed by atoms with Crippen LogP contribution < -0.4 is 4.74 Å². The standard InChI is InChI=1S/C16H14O4/c1-19-14-10-6-5-9-13(14)15(17)11-7-3-4-8-12(11)16(18)20-2/h3-10H,1-2H3. The molecule has 0 atom stereocenters. The molecule has 0 saturated carbocycles. The molecule has 2 rings (SSSR count). The average Bonchev–Trinajstić information content (AvgIpc) is 2.53. The number of rotatable bonds is 4. The minimum absolute atomic E-state index is 0.242. The quantitative estimate of drug-likeness (QED) is 0.633. The summed E-state index contributed by atoms with van der Waals surface area (Å²) in [6.45, 7) is 0. The molecule has 0 radical (unpaired) electrons. The first-order chi connectivity index (χ1) is 9.69. The van der Waals surface area contributed by atoms with Crippen molar-refractivity contribution in [1.82, 2.24) is 0 Å². The van der Waals surface area contributed by atoms with Crippen LogP contribution in [0.2, 0.25) is 0 Å². The molecule has 4 nitrogen and oxygen atoms in total. The molecule has 0 bridgehead atoms. The van der Waals surface area contributed by atoms with E-state index in [-0.39, 0.29) is 11.3 Å². The van der Waals surface area contributed by atoms with Gasteiger partial charge in [-0.25, -0.2) is 4.79 Å². The molecule has 0 aromatic heterocycles. The molecule has 0 spiro atoms. The number of benzene rings is 2. The molecule has 0 saturated heterocycles. The van der Waals surface area contributed by atoms with Gasteiger partial charge in [0, 0.05) is 5.56 Å². The lowest BCUT2D eigenvalue weighted by atomic mass is 9.98. The van der Waals surface area contributed by atoms with Crippen LogP contribution in [0.3, 0.4) is 0 Å². The van der Waals surface area contributed by atoms with Gasteiger partial charge >= 0.3 is 5.97 Å². The highest BCUT2D eigenvalue weighted by Crippen LogP contribution is 2.23. The summed E-state index contributed by atoms with van der Waals surface area (Å²) in [6.07, 6.45) is 0. The van der Waals surface area contributed by atoms with Crippen LogP contribution in [-0.2, 0) is 4.74 Å². The van der Waals surface area contributed by atoms with Crippen LogP contribution in [0.5, 0.6) is 5.75 Å². The predicted molar refractivity (Wildman–Crippen MR) is 74.2 cm³/mol. The fourth-order valence-electron chi connectivity index (χ4n) is 1.95. The van der Waals surface area contributed by atoms with Crippen molar-refractivity contribution >= 4 is 11.8 Å². The van der Waals surface area contributed by atoms with Crippen LogP contribution in [-0.4, -0.2) is 26.0 Å². The van der Waals surface area contributed by atoms with E-state index in [1.54, 1.807) is 48.5 Å². The van der Waals surface area contributed by atoms with Crippen molar-refractivity contribution in [2.24, 2.45) is 0 Å². The van der Waals surface area contributed by atoms with Crippen molar-refractivity contribution in [2.75, 3.05) is 14.2 Å². The molecule has 20 heavy (non-hydrogen) atoms. The van der Waals surface area contributed by atoms with Crippen LogP contribution in [0.15, 0.2) is 48.5 Å². The Labute approximate surface area is 116 Å². The summed E-state index contributed by atoms with van der Waals surface area (Å²) in [5, 5.41) is 0. The summed E-state index contributed by atoms with van der Waals surface area (Å²) < 4.78 is 9.87. The molecular weight excluding hydrogens is 256 g/mol. The van der Waals surface area contributed by atoms with Crippen LogP contribution >= 0.6 is 0 Å². The number of para-hydroxylation sites is 1. The molecule has 0 fully saturated rings. The second-order valence-electron chi connectivity index (χ2n) is 4.07. The zero-order chi connectivity index (χ0) is 14.5. The Bertz CT molecular complexity index is 646. The Kier molecular flexibility index (Phi) is 4.15. The summed E-state index contributed by atoms with van der Waals surface area (Å²) in [6, 6.07) is 13.4. The Morgan fingerprint density at radius 2 is 1.35 bits per heavy atom. The summed E-state index contributed by atoms with van der Waals surface area (Å²) in [5.74, 6) is -0.343. The third kappa shape index (κ3) is 2.54. The van der Waals surface area contributed by atoms with E-state index in [9.17, 15) is 9.59 Å². The number of ether oxygens (including phenoxy) is 2. The minimum Gasteiger partial charge on any atom is -0.496 e. The zero-order valence-electron chi connectivity index (χ0n) is 11.3. The molecule has 0 amide bonds. The van der Waals surface area contributed by atoms with Gasteiger partial charge in [-0.3, -0.25) is 4.79 Å². The second kappa shape index (κ2) is 6.02. The van der Waals surface area contributed by atoms with Crippen molar-refractivity contribution in [3.05, 3.63) is 65.2 Å². The van der Waals surface area contributed by atoms with E-state index in [4.69, 9.17) is 9.47 Å². The first kappa shape index (κ1) is 13.8. The number of carbonyl (C=O) groups excluding carboxylic acids is 2. The van der Waals surface area contributed by atoms with Gasteiger partial charge in [0.25, 0.3) is 0 Å². The first-order valence-corrected chi connectivity index (χ1v) is 6.04. The van der Waals surface area contributed by atoms with Crippen molar-refractivity contribution in [1.29, 1.82) is 0 Å². The molecule has 0 unspecified atom stereocenters. The average molecular weight is 270 g/mol. The lowest BCUT2D eigenvalue weighted by Crippen LogP contribution is -2.12. The van der Waals surface area contributed by atoms with Crippen molar-refractivity contribution in [2.45, 2.75) is 0 Å². The van der Waals surface area contributed by atoms with Crippen molar-refractivity contribution in [3.8, 4) is 5.75 Å². The molecule has 2 aromatic carbocycles. The van der Waals surface area contributed by atoms with E-state index in [0.717, 1.165) is 0 Å². The van der Waals surface area contributed by atoms with Gasteiger partial charge in [0.05, 0.1) is 25.3 Å². The Balaban J connectivity index is 2.51. The van der Waals surface area contributed by atoms with Gasteiger partial charge in [-0.05, 0) is 18.2 Å². The summed E-state index contributed by atoms with van der Waals surface area (Å²) in [4.78, 5) is 24.3. The van der Waals surface area contributed by atoms with E-state index in [1.807, 2.05) is 0 Å². The Morgan fingerprint density at radius 1 is 0.800 bits per heavy atom. The number of methoxy groups -OCH3 is 2. The van der Waals surface area contributed by atoms with Crippen LogP contribution in [0, 0.1) is 0 Å². The minimum atomic E-state index is -0.538. The Hall–Kier alpha value is -2.62. The van der Waals surface area contributed by atoms with Gasteiger partial charge in [0.2, 0.25) is 0 Å². The van der Waals surface area contributed by atoms with E-state index >= 15 is 0 Å². The summed E-state index contributed by atoms with van der Waals surface area (Å²) in [7, 11) is 2.78. The highest BCUT2D eigenvalue weighted by atomic mass is 16.5. The number of esters is 1. The molecule has 0 heterocycles. The molecule has 2 aromatic rings. The van der Waals surface area contributed by atoms with E-state index in [1.165, 1.54) is 14.2 Å². The van der Waals surface area contributed by atoms with Crippen molar-refractivity contribution < 1.29 is 19.1 Å². The predicted octanol–water partition coefficient (Wildman–Crippen LogP) is 2.71. The van der Waals surface area contributed by atoms with Crippen molar-refractivity contribution in [3.63, 3.8) is 0 Å². The largest absolute Gasteiger partial charge is 0.496 e.